The van der Waals surface area contributed by atoms with Crippen LogP contribution >= 0.6 is 0 Å². The van der Waals surface area contributed by atoms with Gasteiger partial charge in [0, 0.05) is 55.9 Å². The van der Waals surface area contributed by atoms with Gasteiger partial charge in [-0.05, 0) is 66.2 Å². The topological polar surface area (TPSA) is 39.3 Å². The molecule has 0 amide bonds. The highest BCUT2D eigenvalue weighted by Crippen LogP contribution is 2.37. The van der Waals surface area contributed by atoms with Crippen molar-refractivity contribution in [2.24, 2.45) is 0 Å². The third-order valence-electron chi connectivity index (χ3n) is 8.89. The van der Waals surface area contributed by atoms with E-state index in [-0.39, 0.29) is 36.2 Å². The summed E-state index contributed by atoms with van der Waals surface area (Å²) < 4.78 is 31.5. The van der Waals surface area contributed by atoms with Gasteiger partial charge >= 0.3 is 5.97 Å². The summed E-state index contributed by atoms with van der Waals surface area (Å²) in [5.41, 5.74) is 0.152. The highest BCUT2D eigenvalue weighted by molar-refractivity contribution is 5.76. The molecule has 0 aliphatic carbocycles. The summed E-state index contributed by atoms with van der Waals surface area (Å²) in [6, 6.07) is 0.763. The van der Waals surface area contributed by atoms with Crippen LogP contribution in [0.1, 0.15) is 66.2 Å². The summed E-state index contributed by atoms with van der Waals surface area (Å²) in [5, 5.41) is 0. The number of esters is 1. The molecule has 0 radical (unpaired) electrons. The quantitative estimate of drug-likeness (QED) is 0.533. The maximum atomic E-state index is 13.3. The van der Waals surface area contributed by atoms with Crippen molar-refractivity contribution in [1.82, 2.24) is 19.6 Å². The number of carbonyl (C=O) groups excluding carboxylic acids is 1. The third kappa shape index (κ3) is 5.39. The smallest absolute Gasteiger partial charge is 0.323 e. The van der Waals surface area contributed by atoms with Crippen molar-refractivity contribution < 1.29 is 18.3 Å². The zero-order valence-corrected chi connectivity index (χ0v) is 21.3. The summed E-state index contributed by atoms with van der Waals surface area (Å²) in [7, 11) is 1.48. The average Bonchev–Trinajstić information content (AvgIpc) is 2.71. The molecule has 0 aromatic heterocycles. The molecule has 4 saturated heterocycles. The van der Waals surface area contributed by atoms with Crippen LogP contribution in [0, 0.1) is 0 Å². The molecule has 1 atom stereocenters. The van der Waals surface area contributed by atoms with Crippen LogP contribution in [-0.4, -0.2) is 114 Å². The van der Waals surface area contributed by atoms with Gasteiger partial charge in [-0.15, -0.1) is 0 Å². The van der Waals surface area contributed by atoms with Crippen LogP contribution in [0.5, 0.6) is 0 Å². The standard InChI is InChI=1S/C25H44F2N4O2/c1-23(2,29-11-6-19(7-12-29)28-17-25(26,27)18-28)16-24(3,4)30-13-8-20(9-14-30)31-15-10-21(31)22(32)33-5/h19-21H,6-18H2,1-5H3. The lowest BCUT2D eigenvalue weighted by Gasteiger charge is -2.53. The second-order valence-corrected chi connectivity index (χ2v) is 12.1. The van der Waals surface area contributed by atoms with E-state index in [1.165, 1.54) is 7.11 Å². The van der Waals surface area contributed by atoms with E-state index < -0.39 is 5.92 Å². The molecule has 4 rings (SSSR count). The Labute approximate surface area is 198 Å². The predicted octanol–water partition coefficient (Wildman–Crippen LogP) is 3.06. The molecule has 4 heterocycles. The van der Waals surface area contributed by atoms with Crippen LogP contribution < -0.4 is 0 Å². The predicted molar refractivity (Wildman–Crippen MR) is 126 cm³/mol. The van der Waals surface area contributed by atoms with E-state index in [0.29, 0.717) is 12.1 Å². The van der Waals surface area contributed by atoms with Crippen LogP contribution in [-0.2, 0) is 9.53 Å². The Morgan fingerprint density at radius 1 is 0.848 bits per heavy atom. The van der Waals surface area contributed by atoms with Gasteiger partial charge in [-0.1, -0.05) is 0 Å². The van der Waals surface area contributed by atoms with Gasteiger partial charge < -0.3 is 4.74 Å². The van der Waals surface area contributed by atoms with E-state index in [2.05, 4.69) is 42.4 Å². The molecule has 4 fully saturated rings. The van der Waals surface area contributed by atoms with E-state index in [1.807, 2.05) is 4.90 Å². The van der Waals surface area contributed by atoms with E-state index in [9.17, 15) is 13.6 Å². The third-order valence-corrected chi connectivity index (χ3v) is 8.89. The summed E-state index contributed by atoms with van der Waals surface area (Å²) in [5.74, 6) is -2.55. The highest BCUT2D eigenvalue weighted by Gasteiger charge is 2.48. The van der Waals surface area contributed by atoms with Gasteiger partial charge in [0.2, 0.25) is 0 Å². The molecule has 4 aliphatic heterocycles. The molecule has 190 valence electrons. The first kappa shape index (κ1) is 25.3. The van der Waals surface area contributed by atoms with Crippen molar-refractivity contribution >= 4 is 5.97 Å². The fraction of sp³-hybridized carbons (Fsp3) is 0.960. The molecule has 0 N–H and O–H groups in total. The second kappa shape index (κ2) is 9.32. The summed E-state index contributed by atoms with van der Waals surface area (Å²) >= 11 is 0. The van der Waals surface area contributed by atoms with Gasteiger partial charge in [0.15, 0.2) is 0 Å². The van der Waals surface area contributed by atoms with Crippen molar-refractivity contribution in [1.29, 1.82) is 0 Å². The fourth-order valence-corrected chi connectivity index (χ4v) is 6.96. The molecule has 8 heteroatoms. The Morgan fingerprint density at radius 2 is 1.33 bits per heavy atom. The number of nitrogens with zero attached hydrogens (tertiary/aromatic N) is 4. The molecule has 33 heavy (non-hydrogen) atoms. The lowest BCUT2D eigenvalue weighted by Crippen LogP contribution is -2.63. The zero-order valence-electron chi connectivity index (χ0n) is 21.3. The molecular weight excluding hydrogens is 426 g/mol. The molecule has 0 bridgehead atoms. The molecule has 0 aromatic rings. The number of hydrogen-bond acceptors (Lipinski definition) is 6. The molecule has 4 aliphatic rings. The maximum absolute atomic E-state index is 13.3. The van der Waals surface area contributed by atoms with Crippen LogP contribution in [0.2, 0.25) is 0 Å². The number of ether oxygens (including phenoxy) is 1. The average molecular weight is 471 g/mol. The normalized spacial score (nSPS) is 29.5. The van der Waals surface area contributed by atoms with Gasteiger partial charge in [0.25, 0.3) is 5.92 Å². The number of methoxy groups -OCH3 is 1. The Kier molecular flexibility index (Phi) is 7.14. The van der Waals surface area contributed by atoms with Crippen LogP contribution in [0.4, 0.5) is 8.78 Å². The van der Waals surface area contributed by atoms with E-state index >= 15 is 0 Å². The largest absolute Gasteiger partial charge is 0.468 e. The summed E-state index contributed by atoms with van der Waals surface area (Å²) in [6.45, 7) is 14.4. The monoisotopic (exact) mass is 470 g/mol. The Bertz CT molecular complexity index is 693. The number of rotatable bonds is 7. The molecule has 0 spiro atoms. The van der Waals surface area contributed by atoms with Crippen molar-refractivity contribution in [3.8, 4) is 0 Å². The van der Waals surface area contributed by atoms with Gasteiger partial charge in [-0.3, -0.25) is 24.4 Å². The Morgan fingerprint density at radius 3 is 1.73 bits per heavy atom. The van der Waals surface area contributed by atoms with Gasteiger partial charge in [-0.2, -0.15) is 0 Å². The van der Waals surface area contributed by atoms with Gasteiger partial charge in [0.05, 0.1) is 20.2 Å². The summed E-state index contributed by atoms with van der Waals surface area (Å²) in [4.78, 5) is 21.5. The van der Waals surface area contributed by atoms with Crippen molar-refractivity contribution in [3.63, 3.8) is 0 Å². The number of alkyl halides is 2. The van der Waals surface area contributed by atoms with Crippen molar-refractivity contribution in [2.45, 2.75) is 101 Å². The van der Waals surface area contributed by atoms with Crippen LogP contribution in [0.25, 0.3) is 0 Å². The molecule has 6 nitrogen and oxygen atoms in total. The van der Waals surface area contributed by atoms with Gasteiger partial charge in [0.1, 0.15) is 6.04 Å². The minimum Gasteiger partial charge on any atom is -0.468 e. The minimum atomic E-state index is -2.47. The van der Waals surface area contributed by atoms with E-state index in [0.717, 1.165) is 71.2 Å². The number of piperidine rings is 2. The highest BCUT2D eigenvalue weighted by atomic mass is 19.3. The first-order valence-electron chi connectivity index (χ1n) is 12.9. The van der Waals surface area contributed by atoms with E-state index in [4.69, 9.17) is 4.74 Å². The minimum absolute atomic E-state index is 0.0380. The van der Waals surface area contributed by atoms with Crippen LogP contribution in [0.15, 0.2) is 0 Å². The Hall–Kier alpha value is -0.830. The van der Waals surface area contributed by atoms with E-state index in [1.54, 1.807) is 0 Å². The van der Waals surface area contributed by atoms with Crippen molar-refractivity contribution in [2.75, 3.05) is 52.9 Å². The number of likely N-dealkylation sites (tertiary alicyclic amines) is 4. The Balaban J connectivity index is 1.25. The van der Waals surface area contributed by atoms with Gasteiger partial charge in [-0.25, -0.2) is 8.78 Å². The SMILES string of the molecule is COC(=O)C1CCN1C1CCN(C(C)(C)CC(C)(C)N2CCC(N3CC(F)(F)C3)CC2)CC1. The molecule has 1 unspecified atom stereocenters. The number of carbonyl (C=O) groups is 1. The zero-order chi connectivity index (χ0) is 24.0. The molecule has 0 saturated carbocycles. The fourth-order valence-electron chi connectivity index (χ4n) is 6.96. The maximum Gasteiger partial charge on any atom is 0.323 e. The number of halogens is 2. The molecular formula is C25H44F2N4O2. The lowest BCUT2D eigenvalue weighted by atomic mass is 9.81. The first-order valence-corrected chi connectivity index (χ1v) is 12.9. The molecule has 0 aromatic carbocycles. The van der Waals surface area contributed by atoms with Crippen LogP contribution in [0.3, 0.4) is 0 Å². The van der Waals surface area contributed by atoms with Crippen molar-refractivity contribution in [3.05, 3.63) is 0 Å². The second-order valence-electron chi connectivity index (χ2n) is 12.1. The summed E-state index contributed by atoms with van der Waals surface area (Å²) in [6.07, 6.45) is 6.17. The first-order chi connectivity index (χ1) is 15.4. The lowest BCUT2D eigenvalue weighted by molar-refractivity contribution is -0.155. The number of hydrogen-bond donors (Lipinski definition) is 0.